The fourth-order valence-corrected chi connectivity index (χ4v) is 3.08. The van der Waals surface area contributed by atoms with Gasteiger partial charge in [0.15, 0.2) is 15.6 Å². The van der Waals surface area contributed by atoms with Crippen LogP contribution < -0.4 is 5.32 Å². The van der Waals surface area contributed by atoms with Crippen LogP contribution in [-0.4, -0.2) is 29.8 Å². The number of amides is 1. The van der Waals surface area contributed by atoms with Crippen LogP contribution in [-0.2, 0) is 9.84 Å². The fourth-order valence-electron chi connectivity index (χ4n) is 2.02. The van der Waals surface area contributed by atoms with E-state index >= 15 is 0 Å². The lowest BCUT2D eigenvalue weighted by molar-refractivity contribution is 0.0994. The van der Waals surface area contributed by atoms with Gasteiger partial charge in [-0.05, 0) is 50.2 Å². The molecule has 1 N–H and O–H groups in total. The van der Waals surface area contributed by atoms with Crippen molar-refractivity contribution in [3.63, 3.8) is 0 Å². The van der Waals surface area contributed by atoms with Crippen LogP contribution in [0.1, 0.15) is 24.4 Å². The summed E-state index contributed by atoms with van der Waals surface area (Å²) in [6.07, 6.45) is 1.38. The molecule has 0 saturated heterocycles. The molecule has 0 aliphatic rings. The summed E-state index contributed by atoms with van der Waals surface area (Å²) in [7, 11) is -3.35. The number of hydrogen-bond donors (Lipinski definition) is 1. The molecule has 0 bridgehead atoms. The second-order valence-electron chi connectivity index (χ2n) is 5.46. The molecule has 8 nitrogen and oxygen atoms in total. The highest BCUT2D eigenvalue weighted by molar-refractivity contribution is 7.92. The summed E-state index contributed by atoms with van der Waals surface area (Å²) in [5.41, 5.74) is 0.536. The van der Waals surface area contributed by atoms with Gasteiger partial charge in [-0.1, -0.05) is 5.10 Å². The molecule has 0 radical (unpaired) electrons. The molecular formula is C16H15N3O5S. The van der Waals surface area contributed by atoms with Gasteiger partial charge in [-0.15, -0.1) is 5.10 Å². The molecule has 2 aromatic heterocycles. The zero-order valence-electron chi connectivity index (χ0n) is 13.5. The molecule has 1 aromatic carbocycles. The maximum Gasteiger partial charge on any atom is 0.322 e. The quantitative estimate of drug-likeness (QED) is 0.743. The van der Waals surface area contributed by atoms with Crippen LogP contribution in [0.15, 0.2) is 56.4 Å². The number of anilines is 1. The third-order valence-electron chi connectivity index (χ3n) is 3.44. The van der Waals surface area contributed by atoms with Gasteiger partial charge in [0.25, 0.3) is 5.91 Å². The van der Waals surface area contributed by atoms with Gasteiger partial charge in [-0.2, -0.15) is 0 Å². The molecule has 9 heteroatoms. The van der Waals surface area contributed by atoms with Crippen molar-refractivity contribution >= 4 is 21.8 Å². The molecule has 0 fully saturated rings. The lowest BCUT2D eigenvalue weighted by atomic mass is 10.2. The van der Waals surface area contributed by atoms with Gasteiger partial charge in [-0.25, -0.2) is 8.42 Å². The number of nitrogens with zero attached hydrogens (tertiary/aromatic N) is 2. The number of carbonyl (C=O) groups excluding carboxylic acids is 1. The summed E-state index contributed by atoms with van der Waals surface area (Å²) in [5.74, 6) is -0.246. The molecule has 0 saturated carbocycles. The molecule has 3 rings (SSSR count). The summed E-state index contributed by atoms with van der Waals surface area (Å²) in [6, 6.07) is 9.10. The minimum Gasteiger partial charge on any atom is -0.459 e. The summed E-state index contributed by atoms with van der Waals surface area (Å²) < 4.78 is 34.6. The van der Waals surface area contributed by atoms with Crippen molar-refractivity contribution in [2.45, 2.75) is 24.0 Å². The topological polar surface area (TPSA) is 115 Å². The highest BCUT2D eigenvalue weighted by atomic mass is 32.2. The molecule has 0 spiro atoms. The SMILES string of the molecule is CC(C)S(=O)(=O)c1ccc(-c2nnc(NC(=O)c3ccco3)o2)cc1. The molecule has 0 atom stereocenters. The first-order valence-corrected chi connectivity index (χ1v) is 8.95. The Morgan fingerprint density at radius 3 is 2.44 bits per heavy atom. The van der Waals surface area contributed by atoms with Crippen molar-refractivity contribution in [1.82, 2.24) is 10.2 Å². The predicted molar refractivity (Wildman–Crippen MR) is 88.7 cm³/mol. The van der Waals surface area contributed by atoms with Crippen LogP contribution in [0.4, 0.5) is 6.01 Å². The smallest absolute Gasteiger partial charge is 0.322 e. The molecule has 130 valence electrons. The maximum absolute atomic E-state index is 12.1. The van der Waals surface area contributed by atoms with Gasteiger partial charge >= 0.3 is 6.01 Å². The summed E-state index contributed by atoms with van der Waals surface area (Å²) in [6.45, 7) is 3.24. The second-order valence-corrected chi connectivity index (χ2v) is 7.97. The summed E-state index contributed by atoms with van der Waals surface area (Å²) in [5, 5.41) is 9.48. The molecule has 1 amide bonds. The van der Waals surface area contributed by atoms with E-state index in [1.165, 1.54) is 24.5 Å². The predicted octanol–water partition coefficient (Wildman–Crippen LogP) is 2.76. The van der Waals surface area contributed by atoms with Crippen LogP contribution in [0, 0.1) is 0 Å². The molecule has 3 aromatic rings. The van der Waals surface area contributed by atoms with Gasteiger partial charge in [0, 0.05) is 5.56 Å². The Labute approximate surface area is 143 Å². The third kappa shape index (κ3) is 3.45. The number of hydrogen-bond acceptors (Lipinski definition) is 7. The van der Waals surface area contributed by atoms with Gasteiger partial charge < -0.3 is 8.83 Å². The highest BCUT2D eigenvalue weighted by Gasteiger charge is 2.20. The van der Waals surface area contributed by atoms with Crippen LogP contribution in [0.3, 0.4) is 0 Å². The minimum atomic E-state index is -3.35. The lowest BCUT2D eigenvalue weighted by Gasteiger charge is -2.07. The van der Waals surface area contributed by atoms with E-state index in [4.69, 9.17) is 8.83 Å². The van der Waals surface area contributed by atoms with E-state index in [-0.39, 0.29) is 22.6 Å². The minimum absolute atomic E-state index is 0.0877. The van der Waals surface area contributed by atoms with Crippen LogP contribution >= 0.6 is 0 Å². The monoisotopic (exact) mass is 361 g/mol. The Balaban J connectivity index is 1.77. The van der Waals surface area contributed by atoms with Crippen LogP contribution in [0.25, 0.3) is 11.5 Å². The lowest BCUT2D eigenvalue weighted by Crippen LogP contribution is -2.13. The van der Waals surface area contributed by atoms with E-state index in [0.717, 1.165) is 0 Å². The first kappa shape index (κ1) is 16.9. The summed E-state index contributed by atoms with van der Waals surface area (Å²) in [4.78, 5) is 12.1. The Bertz CT molecular complexity index is 973. The van der Waals surface area contributed by atoms with Gasteiger partial charge in [0.2, 0.25) is 5.89 Å². The summed E-state index contributed by atoms with van der Waals surface area (Å²) >= 11 is 0. The van der Waals surface area contributed by atoms with Crippen LogP contribution in [0.5, 0.6) is 0 Å². The molecule has 2 heterocycles. The second kappa shape index (κ2) is 6.52. The zero-order chi connectivity index (χ0) is 18.0. The Morgan fingerprint density at radius 1 is 1.12 bits per heavy atom. The van der Waals surface area contributed by atoms with Crippen molar-refractivity contribution in [2.24, 2.45) is 0 Å². The molecule has 25 heavy (non-hydrogen) atoms. The van der Waals surface area contributed by atoms with E-state index < -0.39 is 21.0 Å². The van der Waals surface area contributed by atoms with Crippen molar-refractivity contribution in [3.05, 3.63) is 48.4 Å². The number of aromatic nitrogens is 2. The van der Waals surface area contributed by atoms with E-state index in [1.807, 2.05) is 0 Å². The molecule has 0 aliphatic heterocycles. The van der Waals surface area contributed by atoms with Crippen LogP contribution in [0.2, 0.25) is 0 Å². The van der Waals surface area contributed by atoms with Crippen molar-refractivity contribution in [2.75, 3.05) is 5.32 Å². The Kier molecular flexibility index (Phi) is 4.41. The maximum atomic E-state index is 12.1. The normalized spacial score (nSPS) is 11.6. The third-order valence-corrected chi connectivity index (χ3v) is 5.61. The van der Waals surface area contributed by atoms with E-state index in [0.29, 0.717) is 5.56 Å². The number of nitrogens with one attached hydrogen (secondary N) is 1. The highest BCUT2D eigenvalue weighted by Crippen LogP contribution is 2.23. The van der Waals surface area contributed by atoms with E-state index in [1.54, 1.807) is 32.0 Å². The molecular weight excluding hydrogens is 346 g/mol. The number of sulfone groups is 1. The molecule has 0 unspecified atom stereocenters. The first-order chi connectivity index (χ1) is 11.9. The number of benzene rings is 1. The van der Waals surface area contributed by atoms with Gasteiger partial charge in [0.1, 0.15) is 0 Å². The van der Waals surface area contributed by atoms with Crippen molar-refractivity contribution < 1.29 is 22.0 Å². The average Bonchev–Trinajstić information content (AvgIpc) is 3.26. The van der Waals surface area contributed by atoms with Gasteiger partial charge in [0.05, 0.1) is 16.4 Å². The number of furan rings is 1. The van der Waals surface area contributed by atoms with E-state index in [9.17, 15) is 13.2 Å². The largest absolute Gasteiger partial charge is 0.459 e. The average molecular weight is 361 g/mol. The Hall–Kier alpha value is -2.94. The fraction of sp³-hybridized carbons (Fsp3) is 0.188. The van der Waals surface area contributed by atoms with Gasteiger partial charge in [-0.3, -0.25) is 10.1 Å². The Morgan fingerprint density at radius 2 is 1.84 bits per heavy atom. The zero-order valence-corrected chi connectivity index (χ0v) is 14.3. The molecule has 0 aliphatic carbocycles. The van der Waals surface area contributed by atoms with Crippen molar-refractivity contribution in [3.8, 4) is 11.5 Å². The van der Waals surface area contributed by atoms with E-state index in [2.05, 4.69) is 15.5 Å². The first-order valence-electron chi connectivity index (χ1n) is 7.40. The number of carbonyl (C=O) groups is 1. The number of rotatable bonds is 5. The van der Waals surface area contributed by atoms with Crippen molar-refractivity contribution in [1.29, 1.82) is 0 Å². The standard InChI is InChI=1S/C16H15N3O5S/c1-10(2)25(21,22)12-7-5-11(6-8-12)15-18-19-16(24-15)17-14(20)13-4-3-9-23-13/h3-10H,1-2H3,(H,17,19,20).